The van der Waals surface area contributed by atoms with E-state index in [1.165, 1.54) is 71.3 Å². The second-order valence-electron chi connectivity index (χ2n) is 11.2. The van der Waals surface area contributed by atoms with Crippen LogP contribution in [0.4, 0.5) is 0 Å². The molecule has 1 aliphatic heterocycles. The average molecular weight is 547 g/mol. The summed E-state index contributed by atoms with van der Waals surface area (Å²) in [6.07, 6.45) is 0. The molecule has 0 N–H and O–H groups in total. The van der Waals surface area contributed by atoms with E-state index in [9.17, 15) is 0 Å². The van der Waals surface area contributed by atoms with Gasteiger partial charge in [0.1, 0.15) is 11.5 Å². The Bertz CT molecular complexity index is 2310. The summed E-state index contributed by atoms with van der Waals surface area (Å²) < 4.78 is 6.43. The minimum atomic E-state index is 0.909. The lowest BCUT2D eigenvalue weighted by molar-refractivity contribution is 0.487. The summed E-state index contributed by atoms with van der Waals surface area (Å²) in [4.78, 5) is 0. The number of para-hydroxylation sites is 1. The average Bonchev–Trinajstić information content (AvgIpc) is 3.08. The van der Waals surface area contributed by atoms with Gasteiger partial charge in [-0.1, -0.05) is 146 Å². The quantitative estimate of drug-likeness (QED) is 0.200. The Morgan fingerprint density at radius 1 is 0.279 bits per heavy atom. The van der Waals surface area contributed by atoms with Crippen molar-refractivity contribution in [1.82, 2.24) is 0 Å². The van der Waals surface area contributed by atoms with Gasteiger partial charge < -0.3 is 4.74 Å². The summed E-state index contributed by atoms with van der Waals surface area (Å²) in [5, 5.41) is 7.41. The van der Waals surface area contributed by atoms with E-state index in [0.717, 1.165) is 17.1 Å². The van der Waals surface area contributed by atoms with E-state index in [-0.39, 0.29) is 0 Å². The number of benzene rings is 8. The van der Waals surface area contributed by atoms with Crippen LogP contribution in [0.25, 0.3) is 76.8 Å². The molecular weight excluding hydrogens is 520 g/mol. The summed E-state index contributed by atoms with van der Waals surface area (Å²) in [6, 6.07) is 56.7. The van der Waals surface area contributed by atoms with Gasteiger partial charge in [0.05, 0.1) is 0 Å². The Balaban J connectivity index is 1.37. The highest BCUT2D eigenvalue weighted by Crippen LogP contribution is 2.51. The van der Waals surface area contributed by atoms with Crippen LogP contribution in [0.3, 0.4) is 0 Å². The van der Waals surface area contributed by atoms with Gasteiger partial charge in [-0.2, -0.15) is 0 Å². The number of rotatable bonds is 3. The molecule has 0 atom stereocenters. The van der Waals surface area contributed by atoms with Crippen molar-refractivity contribution in [3.63, 3.8) is 0 Å². The summed E-state index contributed by atoms with van der Waals surface area (Å²) in [6.45, 7) is 0. The van der Waals surface area contributed by atoms with E-state index < -0.39 is 0 Å². The molecule has 0 fully saturated rings. The third kappa shape index (κ3) is 3.58. The van der Waals surface area contributed by atoms with Crippen LogP contribution in [0.15, 0.2) is 158 Å². The molecule has 1 aliphatic rings. The Morgan fingerprint density at radius 2 is 0.791 bits per heavy atom. The van der Waals surface area contributed by atoms with E-state index in [4.69, 9.17) is 4.74 Å². The summed E-state index contributed by atoms with van der Waals surface area (Å²) in [5.41, 5.74) is 9.79. The molecule has 43 heavy (non-hydrogen) atoms. The molecule has 1 nitrogen and oxygen atoms in total. The molecule has 0 unspecified atom stereocenters. The summed E-state index contributed by atoms with van der Waals surface area (Å²) in [5.74, 6) is 1.82. The maximum Gasteiger partial charge on any atom is 0.135 e. The van der Waals surface area contributed by atoms with Crippen LogP contribution in [0.5, 0.6) is 11.5 Å². The Kier molecular flexibility index (Phi) is 5.27. The number of hydrogen-bond donors (Lipinski definition) is 0. The third-order valence-electron chi connectivity index (χ3n) is 8.88. The van der Waals surface area contributed by atoms with Crippen molar-refractivity contribution in [2.75, 3.05) is 0 Å². The van der Waals surface area contributed by atoms with Crippen LogP contribution in [-0.2, 0) is 0 Å². The lowest BCUT2D eigenvalue weighted by atomic mass is 9.82. The number of fused-ring (bicyclic) bond motifs is 4. The smallest absolute Gasteiger partial charge is 0.135 e. The van der Waals surface area contributed by atoms with E-state index in [1.807, 2.05) is 6.07 Å². The molecule has 8 aromatic carbocycles. The second-order valence-corrected chi connectivity index (χ2v) is 11.2. The lowest BCUT2D eigenvalue weighted by Gasteiger charge is -2.23. The summed E-state index contributed by atoms with van der Waals surface area (Å²) >= 11 is 0. The first-order chi connectivity index (χ1) is 21.4. The maximum absolute atomic E-state index is 6.43. The SMILES string of the molecule is c1ccc(-c2c3ccccc3c(-c3ccccc3-c3ccc4c5c(cccc35)Oc3ccccc3-4)c3ccccc23)cc1. The molecule has 0 saturated carbocycles. The molecule has 0 aromatic heterocycles. The van der Waals surface area contributed by atoms with Crippen molar-refractivity contribution in [3.8, 4) is 56.0 Å². The first-order valence-corrected chi connectivity index (χ1v) is 14.8. The Hall–Kier alpha value is -5.66. The highest BCUT2D eigenvalue weighted by Gasteiger charge is 2.23. The molecular formula is C42H26O. The van der Waals surface area contributed by atoms with Crippen molar-refractivity contribution in [2.45, 2.75) is 0 Å². The van der Waals surface area contributed by atoms with E-state index in [1.54, 1.807) is 0 Å². The molecule has 0 aliphatic carbocycles. The van der Waals surface area contributed by atoms with Gasteiger partial charge >= 0.3 is 0 Å². The standard InChI is InChI=1S/C42H26O/c1-2-13-27(14-3-1)40-33-18-6-8-20-35(33)41(36-21-9-7-19-34(36)40)31-17-5-4-15-28(31)29-25-26-37-30-16-10-11-23-38(30)43-39-24-12-22-32(29)42(37)39/h1-26H. The fourth-order valence-electron chi connectivity index (χ4n) is 7.08. The van der Waals surface area contributed by atoms with Crippen LogP contribution in [0.2, 0.25) is 0 Å². The van der Waals surface area contributed by atoms with Crippen molar-refractivity contribution in [1.29, 1.82) is 0 Å². The van der Waals surface area contributed by atoms with Crippen molar-refractivity contribution in [3.05, 3.63) is 158 Å². The third-order valence-corrected chi connectivity index (χ3v) is 8.88. The van der Waals surface area contributed by atoms with Gasteiger partial charge in [0.2, 0.25) is 0 Å². The van der Waals surface area contributed by atoms with Gasteiger partial charge in [0, 0.05) is 10.9 Å². The van der Waals surface area contributed by atoms with Crippen molar-refractivity contribution in [2.24, 2.45) is 0 Å². The highest BCUT2D eigenvalue weighted by atomic mass is 16.5. The Labute approximate surface area is 250 Å². The zero-order valence-electron chi connectivity index (χ0n) is 23.4. The molecule has 0 spiro atoms. The van der Waals surface area contributed by atoms with Gasteiger partial charge in [-0.05, 0) is 78.0 Å². The normalized spacial score (nSPS) is 11.9. The van der Waals surface area contributed by atoms with Crippen LogP contribution in [0.1, 0.15) is 0 Å². The summed E-state index contributed by atoms with van der Waals surface area (Å²) in [7, 11) is 0. The zero-order valence-corrected chi connectivity index (χ0v) is 23.4. The fraction of sp³-hybridized carbons (Fsp3) is 0. The number of hydrogen-bond acceptors (Lipinski definition) is 1. The predicted octanol–water partition coefficient (Wildman–Crippen LogP) is 11.9. The van der Waals surface area contributed by atoms with E-state index in [0.29, 0.717) is 0 Å². The first kappa shape index (κ1) is 24.0. The highest BCUT2D eigenvalue weighted by molar-refractivity contribution is 6.23. The molecule has 1 heteroatoms. The molecule has 0 saturated heterocycles. The van der Waals surface area contributed by atoms with Gasteiger partial charge in [0.15, 0.2) is 0 Å². The molecule has 8 aromatic rings. The van der Waals surface area contributed by atoms with Crippen LogP contribution in [0, 0.1) is 0 Å². The minimum absolute atomic E-state index is 0.909. The monoisotopic (exact) mass is 546 g/mol. The second kappa shape index (κ2) is 9.44. The van der Waals surface area contributed by atoms with Crippen molar-refractivity contribution < 1.29 is 4.74 Å². The van der Waals surface area contributed by atoms with Gasteiger partial charge in [-0.15, -0.1) is 0 Å². The molecule has 0 bridgehead atoms. The van der Waals surface area contributed by atoms with Gasteiger partial charge in [-0.25, -0.2) is 0 Å². The predicted molar refractivity (Wildman–Crippen MR) is 181 cm³/mol. The maximum atomic E-state index is 6.43. The minimum Gasteiger partial charge on any atom is -0.456 e. The van der Waals surface area contributed by atoms with Crippen LogP contribution < -0.4 is 4.74 Å². The molecule has 9 rings (SSSR count). The topological polar surface area (TPSA) is 9.23 Å². The molecule has 200 valence electrons. The van der Waals surface area contributed by atoms with Crippen LogP contribution in [-0.4, -0.2) is 0 Å². The van der Waals surface area contributed by atoms with Crippen LogP contribution >= 0.6 is 0 Å². The largest absolute Gasteiger partial charge is 0.456 e. The van der Waals surface area contributed by atoms with Gasteiger partial charge in [0.25, 0.3) is 0 Å². The molecule has 0 radical (unpaired) electrons. The first-order valence-electron chi connectivity index (χ1n) is 14.8. The molecule has 0 amide bonds. The van der Waals surface area contributed by atoms with E-state index >= 15 is 0 Å². The van der Waals surface area contributed by atoms with Gasteiger partial charge in [-0.3, -0.25) is 0 Å². The van der Waals surface area contributed by atoms with Crippen molar-refractivity contribution >= 4 is 32.3 Å². The lowest BCUT2D eigenvalue weighted by Crippen LogP contribution is -1.98. The number of ether oxygens (including phenoxy) is 1. The molecule has 1 heterocycles. The fourth-order valence-corrected chi connectivity index (χ4v) is 7.08. The Morgan fingerprint density at radius 3 is 1.51 bits per heavy atom. The zero-order chi connectivity index (χ0) is 28.3. The van der Waals surface area contributed by atoms with E-state index in [2.05, 4.69) is 152 Å².